The average molecular weight is 502 g/mol. The highest BCUT2D eigenvalue weighted by Crippen LogP contribution is 2.26. The van der Waals surface area contributed by atoms with Crippen LogP contribution in [0, 0.1) is 5.92 Å². The van der Waals surface area contributed by atoms with Crippen LogP contribution >= 0.6 is 23.4 Å². The Hall–Kier alpha value is -3.04. The molecule has 0 aliphatic heterocycles. The Kier molecular flexibility index (Phi) is 8.95. The summed E-state index contributed by atoms with van der Waals surface area (Å²) in [5.41, 5.74) is 1.20. The number of halogens is 1. The molecule has 0 unspecified atom stereocenters. The number of benzene rings is 2. The van der Waals surface area contributed by atoms with Gasteiger partial charge < -0.3 is 19.9 Å². The van der Waals surface area contributed by atoms with Gasteiger partial charge in [0.2, 0.25) is 5.91 Å². The highest BCUT2D eigenvalue weighted by atomic mass is 35.5. The van der Waals surface area contributed by atoms with Crippen molar-refractivity contribution in [2.24, 2.45) is 5.92 Å². The molecule has 1 atom stereocenters. The second kappa shape index (κ2) is 11.9. The van der Waals surface area contributed by atoms with E-state index >= 15 is 0 Å². The minimum absolute atomic E-state index is 0.0720. The molecule has 34 heavy (non-hydrogen) atoms. The molecule has 8 nitrogen and oxygen atoms in total. The van der Waals surface area contributed by atoms with Gasteiger partial charge in [0.05, 0.1) is 18.9 Å². The van der Waals surface area contributed by atoms with Gasteiger partial charge in [-0.15, -0.1) is 10.2 Å². The Morgan fingerprint density at radius 1 is 1.09 bits per heavy atom. The Labute approximate surface area is 208 Å². The third kappa shape index (κ3) is 6.51. The Balaban J connectivity index is 1.69. The molecule has 0 aliphatic carbocycles. The van der Waals surface area contributed by atoms with E-state index in [9.17, 15) is 9.59 Å². The number of hydrogen-bond acceptors (Lipinski definition) is 6. The lowest BCUT2D eigenvalue weighted by molar-refractivity contribution is -0.113. The van der Waals surface area contributed by atoms with Crippen molar-refractivity contribution in [1.82, 2.24) is 20.1 Å². The number of nitrogens with one attached hydrogen (secondary N) is 2. The van der Waals surface area contributed by atoms with Crippen LogP contribution in [-0.2, 0) is 11.3 Å². The second-order valence-corrected chi connectivity index (χ2v) is 9.23. The molecule has 2 N–H and O–H groups in total. The van der Waals surface area contributed by atoms with Gasteiger partial charge >= 0.3 is 0 Å². The largest absolute Gasteiger partial charge is 0.497 e. The number of rotatable bonds is 10. The van der Waals surface area contributed by atoms with Gasteiger partial charge in [-0.1, -0.05) is 37.2 Å². The Bertz CT molecular complexity index is 1120. The van der Waals surface area contributed by atoms with Crippen LogP contribution in [0.3, 0.4) is 0 Å². The van der Waals surface area contributed by atoms with E-state index in [-0.39, 0.29) is 29.5 Å². The second-order valence-electron chi connectivity index (χ2n) is 7.85. The first-order chi connectivity index (χ1) is 16.3. The van der Waals surface area contributed by atoms with Crippen molar-refractivity contribution in [2.45, 2.75) is 38.5 Å². The van der Waals surface area contributed by atoms with Crippen molar-refractivity contribution < 1.29 is 14.3 Å². The zero-order valence-electron chi connectivity index (χ0n) is 19.5. The van der Waals surface area contributed by atoms with Gasteiger partial charge in [-0.25, -0.2) is 0 Å². The fourth-order valence-corrected chi connectivity index (χ4v) is 4.23. The van der Waals surface area contributed by atoms with Gasteiger partial charge in [-0.3, -0.25) is 9.59 Å². The molecule has 1 heterocycles. The number of anilines is 1. The van der Waals surface area contributed by atoms with Crippen LogP contribution in [0.15, 0.2) is 53.7 Å². The van der Waals surface area contributed by atoms with E-state index in [0.29, 0.717) is 39.5 Å². The zero-order chi connectivity index (χ0) is 24.7. The van der Waals surface area contributed by atoms with Crippen molar-refractivity contribution in [3.05, 3.63) is 64.9 Å². The highest BCUT2D eigenvalue weighted by Gasteiger charge is 2.26. The van der Waals surface area contributed by atoms with Crippen LogP contribution in [0.5, 0.6) is 5.75 Å². The molecule has 2 aromatic carbocycles. The number of nitrogens with zero attached hydrogens (tertiary/aromatic N) is 3. The van der Waals surface area contributed by atoms with Crippen molar-refractivity contribution >= 4 is 40.9 Å². The number of carbonyl (C=O) groups is 2. The number of aromatic nitrogens is 3. The summed E-state index contributed by atoms with van der Waals surface area (Å²) >= 11 is 7.18. The van der Waals surface area contributed by atoms with E-state index in [2.05, 4.69) is 20.8 Å². The van der Waals surface area contributed by atoms with Gasteiger partial charge in [0, 0.05) is 22.8 Å². The van der Waals surface area contributed by atoms with Gasteiger partial charge in [0.1, 0.15) is 5.75 Å². The van der Waals surface area contributed by atoms with E-state index < -0.39 is 0 Å². The van der Waals surface area contributed by atoms with Gasteiger partial charge in [0.15, 0.2) is 11.0 Å². The van der Waals surface area contributed by atoms with Crippen LogP contribution in [0.2, 0.25) is 5.02 Å². The van der Waals surface area contributed by atoms with Crippen molar-refractivity contribution in [1.29, 1.82) is 0 Å². The van der Waals surface area contributed by atoms with E-state index in [0.717, 1.165) is 0 Å². The summed E-state index contributed by atoms with van der Waals surface area (Å²) in [7, 11) is 1.58. The average Bonchev–Trinajstić information content (AvgIpc) is 3.24. The predicted molar refractivity (Wildman–Crippen MR) is 135 cm³/mol. The third-order valence-corrected chi connectivity index (χ3v) is 6.32. The van der Waals surface area contributed by atoms with E-state index in [1.165, 1.54) is 11.8 Å². The molecule has 0 saturated heterocycles. The van der Waals surface area contributed by atoms with Crippen molar-refractivity contribution in [3.63, 3.8) is 0 Å². The molecule has 1 aromatic heterocycles. The fourth-order valence-electron chi connectivity index (χ4n) is 3.29. The summed E-state index contributed by atoms with van der Waals surface area (Å²) in [6, 6.07) is 13.5. The van der Waals surface area contributed by atoms with Crippen molar-refractivity contribution in [2.75, 3.05) is 18.2 Å². The third-order valence-electron chi connectivity index (χ3n) is 5.11. The van der Waals surface area contributed by atoms with Crippen LogP contribution in [0.4, 0.5) is 5.69 Å². The molecule has 0 bridgehead atoms. The molecule has 0 fully saturated rings. The van der Waals surface area contributed by atoms with Crippen molar-refractivity contribution in [3.8, 4) is 5.75 Å². The standard InChI is InChI=1S/C24H28ClN5O3S/c1-5-30-22(21(15(2)3)27-23(32)16-6-12-19(33-4)13-7-16)28-29-24(30)34-14-20(31)26-18-10-8-17(25)9-11-18/h6-13,15,21H,5,14H2,1-4H3,(H,26,31)(H,27,32)/t21-/m0/s1. The van der Waals surface area contributed by atoms with Gasteiger partial charge in [-0.2, -0.15) is 0 Å². The van der Waals surface area contributed by atoms with Gasteiger partial charge in [-0.05, 0) is 61.4 Å². The summed E-state index contributed by atoms with van der Waals surface area (Å²) < 4.78 is 7.09. The maximum Gasteiger partial charge on any atom is 0.251 e. The maximum atomic E-state index is 12.9. The van der Waals surface area contributed by atoms with E-state index in [4.69, 9.17) is 16.3 Å². The molecule has 0 aliphatic rings. The number of amides is 2. The lowest BCUT2D eigenvalue weighted by Crippen LogP contribution is -2.33. The SMILES string of the molecule is CCn1c(SCC(=O)Nc2ccc(Cl)cc2)nnc1[C@@H](NC(=O)c1ccc(OC)cc1)C(C)C. The summed E-state index contributed by atoms with van der Waals surface area (Å²) in [5.74, 6) is 1.22. The minimum atomic E-state index is -0.348. The summed E-state index contributed by atoms with van der Waals surface area (Å²) in [6.45, 7) is 6.61. The monoisotopic (exact) mass is 501 g/mol. The molecule has 0 radical (unpaired) electrons. The number of ether oxygens (including phenoxy) is 1. The smallest absolute Gasteiger partial charge is 0.251 e. The molecule has 180 valence electrons. The maximum absolute atomic E-state index is 12.9. The number of thioether (sulfide) groups is 1. The van der Waals surface area contributed by atoms with Crippen LogP contribution in [-0.4, -0.2) is 39.4 Å². The first-order valence-corrected chi connectivity index (χ1v) is 12.2. The fraction of sp³-hybridized carbons (Fsp3) is 0.333. The Morgan fingerprint density at radius 2 is 1.76 bits per heavy atom. The highest BCUT2D eigenvalue weighted by molar-refractivity contribution is 7.99. The first-order valence-electron chi connectivity index (χ1n) is 10.9. The summed E-state index contributed by atoms with van der Waals surface area (Å²) in [6.07, 6.45) is 0. The lowest BCUT2D eigenvalue weighted by Gasteiger charge is -2.22. The quantitative estimate of drug-likeness (QED) is 0.386. The molecule has 2 amide bonds. The Morgan fingerprint density at radius 3 is 2.35 bits per heavy atom. The number of carbonyl (C=O) groups excluding carboxylic acids is 2. The van der Waals surface area contributed by atoms with Crippen LogP contribution < -0.4 is 15.4 Å². The first kappa shape index (κ1) is 25.6. The van der Waals surface area contributed by atoms with Crippen LogP contribution in [0.1, 0.15) is 43.0 Å². The molecule has 10 heteroatoms. The molecular formula is C24H28ClN5O3S. The summed E-state index contributed by atoms with van der Waals surface area (Å²) in [4.78, 5) is 25.3. The number of hydrogen-bond donors (Lipinski definition) is 2. The molecular weight excluding hydrogens is 474 g/mol. The minimum Gasteiger partial charge on any atom is -0.497 e. The predicted octanol–water partition coefficient (Wildman–Crippen LogP) is 4.82. The normalized spacial score (nSPS) is 11.8. The topological polar surface area (TPSA) is 98.1 Å². The molecule has 0 saturated carbocycles. The lowest BCUT2D eigenvalue weighted by atomic mass is 10.0. The number of methoxy groups -OCH3 is 1. The molecule has 3 rings (SSSR count). The molecule has 3 aromatic rings. The van der Waals surface area contributed by atoms with Crippen LogP contribution in [0.25, 0.3) is 0 Å². The summed E-state index contributed by atoms with van der Waals surface area (Å²) in [5, 5.41) is 15.8. The van der Waals surface area contributed by atoms with Gasteiger partial charge in [0.25, 0.3) is 5.91 Å². The zero-order valence-corrected chi connectivity index (χ0v) is 21.1. The van der Waals surface area contributed by atoms with E-state index in [1.807, 2.05) is 25.3 Å². The van der Waals surface area contributed by atoms with E-state index in [1.54, 1.807) is 55.6 Å². The molecule has 0 spiro atoms.